The number of rotatable bonds is 18. The van der Waals surface area contributed by atoms with E-state index in [9.17, 15) is 57.5 Å². The maximum atomic E-state index is 11.9. The van der Waals surface area contributed by atoms with Crippen molar-refractivity contribution in [3.8, 4) is 0 Å². The van der Waals surface area contributed by atoms with Crippen LogP contribution in [-0.4, -0.2) is 146 Å². The minimum absolute atomic E-state index is 0.111. The minimum Gasteiger partial charge on any atom is -0.465 e. The molecule has 6 fully saturated rings. The second-order valence-corrected chi connectivity index (χ2v) is 28.5. The molecule has 24 heteroatoms. The third-order valence-corrected chi connectivity index (χ3v) is 17.5. The van der Waals surface area contributed by atoms with Gasteiger partial charge in [0, 0.05) is 36.5 Å². The number of hydrogen-bond acceptors (Lipinski definition) is 24. The summed E-state index contributed by atoms with van der Waals surface area (Å²) in [6.45, 7) is 44.0. The number of ether oxygens (including phenoxy) is 12. The molecule has 9 atom stereocenters. The molecule has 0 N–H and O–H groups in total. The van der Waals surface area contributed by atoms with Crippen LogP contribution < -0.4 is 0 Å². The first-order valence-corrected chi connectivity index (χ1v) is 32.0. The van der Waals surface area contributed by atoms with Crippen LogP contribution in [0.1, 0.15) is 236 Å². The summed E-state index contributed by atoms with van der Waals surface area (Å²) in [4.78, 5) is 138. The molecule has 9 unspecified atom stereocenters. The summed E-state index contributed by atoms with van der Waals surface area (Å²) in [6.07, 6.45) is 5.08. The van der Waals surface area contributed by atoms with Crippen molar-refractivity contribution in [2.24, 2.45) is 44.8 Å². The lowest BCUT2D eigenvalue weighted by molar-refractivity contribution is -0.183. The number of carbonyl (C=O) groups excluding carboxylic acids is 12. The van der Waals surface area contributed by atoms with Gasteiger partial charge in [0.25, 0.3) is 0 Å². The summed E-state index contributed by atoms with van der Waals surface area (Å²) in [5, 5.41) is 0. The normalized spacial score (nSPS) is 26.4. The fraction of sp³-hybridized carbons (Fsp3) is 0.821. The van der Waals surface area contributed by atoms with Gasteiger partial charge in [-0.25, -0.2) is 19.2 Å². The molecule has 0 aromatic heterocycles. The first kappa shape index (κ1) is 82.7. The van der Waals surface area contributed by atoms with Gasteiger partial charge in [-0.1, -0.05) is 90.0 Å². The molecule has 0 aromatic rings. The third-order valence-electron chi connectivity index (χ3n) is 17.5. The number of esters is 12. The molecular weight excluding hydrogens is 1190 g/mol. The molecule has 6 heterocycles. The lowest BCUT2D eigenvalue weighted by Crippen LogP contribution is -2.43. The highest BCUT2D eigenvalue weighted by molar-refractivity contribution is 5.87. The summed E-state index contributed by atoms with van der Waals surface area (Å²) in [6, 6.07) is 0. The van der Waals surface area contributed by atoms with Gasteiger partial charge in [-0.15, -0.1) is 0 Å². The highest BCUT2D eigenvalue weighted by Crippen LogP contribution is 2.36. The van der Waals surface area contributed by atoms with Crippen LogP contribution in [0, 0.1) is 44.8 Å². The predicted octanol–water partition coefficient (Wildman–Crippen LogP) is 10.1. The molecule has 24 nitrogen and oxygen atoms in total. The van der Waals surface area contributed by atoms with Crippen molar-refractivity contribution >= 4 is 71.6 Å². The lowest BCUT2D eigenvalue weighted by Gasteiger charge is -2.35. The van der Waals surface area contributed by atoms with E-state index in [4.69, 9.17) is 56.8 Å². The SMILES string of the molecule is CCC(C)(C)C(=O)OC1(C)CCOC(=O)C1.CCC(C)(C)C(=O)OC1(C)CCOC1=O.CCC(C)(C)C(=O)OC1C(=O)OCC1(C)C.CCC(C)C(=O)OC1(C)CCOC(=O)C1.CCC(C)C(=O)OC1(C)CCOC1=O.CCC(C)C(=O)OC1C(=O)OCC1(C)C. The molecule has 0 amide bonds. The number of cyclic esters (lactones) is 6. The summed E-state index contributed by atoms with van der Waals surface area (Å²) in [5.74, 6) is -4.59. The van der Waals surface area contributed by atoms with Crippen LogP contribution in [0.15, 0.2) is 0 Å². The zero-order chi connectivity index (χ0) is 70.5. The van der Waals surface area contributed by atoms with Crippen molar-refractivity contribution in [2.75, 3.05) is 39.6 Å². The molecule has 91 heavy (non-hydrogen) atoms. The molecule has 6 rings (SSSR count). The van der Waals surface area contributed by atoms with E-state index >= 15 is 0 Å². The summed E-state index contributed by atoms with van der Waals surface area (Å²) < 4.78 is 60.7. The molecule has 0 aliphatic carbocycles. The van der Waals surface area contributed by atoms with Gasteiger partial charge in [0.05, 0.1) is 73.3 Å². The third kappa shape index (κ3) is 25.2. The molecule has 0 spiro atoms. The van der Waals surface area contributed by atoms with Gasteiger partial charge in [-0.05, 0) is 108 Å². The van der Waals surface area contributed by atoms with Crippen LogP contribution in [0.25, 0.3) is 0 Å². The van der Waals surface area contributed by atoms with Gasteiger partial charge in [0.15, 0.2) is 0 Å². The van der Waals surface area contributed by atoms with E-state index in [0.29, 0.717) is 97.4 Å². The molecular formula is C67H110O24. The molecule has 6 aliphatic heterocycles. The summed E-state index contributed by atoms with van der Waals surface area (Å²) >= 11 is 0. The minimum atomic E-state index is -1.08. The van der Waals surface area contributed by atoms with Crippen molar-refractivity contribution in [1.29, 1.82) is 0 Å². The van der Waals surface area contributed by atoms with Crippen LogP contribution in [-0.2, 0) is 114 Å². The molecule has 0 radical (unpaired) electrons. The Bertz CT molecular complexity index is 2540. The Morgan fingerprint density at radius 1 is 0.418 bits per heavy atom. The Morgan fingerprint density at radius 3 is 1.07 bits per heavy atom. The van der Waals surface area contributed by atoms with E-state index in [0.717, 1.165) is 6.42 Å². The van der Waals surface area contributed by atoms with Gasteiger partial charge in [0.1, 0.15) is 24.4 Å². The topological polar surface area (TPSA) is 316 Å². The Morgan fingerprint density at radius 2 is 0.736 bits per heavy atom. The highest BCUT2D eigenvalue weighted by Gasteiger charge is 2.50. The van der Waals surface area contributed by atoms with Gasteiger partial charge in [-0.3, -0.25) is 38.4 Å². The Labute approximate surface area is 539 Å². The largest absolute Gasteiger partial charge is 0.465 e. The second kappa shape index (κ2) is 34.5. The van der Waals surface area contributed by atoms with Crippen LogP contribution in [0.2, 0.25) is 0 Å². The molecule has 0 bridgehead atoms. The first-order valence-electron chi connectivity index (χ1n) is 32.0. The van der Waals surface area contributed by atoms with Gasteiger partial charge >= 0.3 is 71.6 Å². The van der Waals surface area contributed by atoms with E-state index < -0.39 is 85.6 Å². The van der Waals surface area contributed by atoms with Crippen LogP contribution in [0.3, 0.4) is 0 Å². The second-order valence-electron chi connectivity index (χ2n) is 28.5. The van der Waals surface area contributed by atoms with E-state index in [-0.39, 0.29) is 78.3 Å². The predicted molar refractivity (Wildman–Crippen MR) is 329 cm³/mol. The van der Waals surface area contributed by atoms with Crippen LogP contribution in [0.5, 0.6) is 0 Å². The Hall–Kier alpha value is -6.36. The average molecular weight is 1300 g/mol. The molecule has 6 saturated heterocycles. The van der Waals surface area contributed by atoms with Crippen molar-refractivity contribution in [3.63, 3.8) is 0 Å². The van der Waals surface area contributed by atoms with E-state index in [1.807, 2.05) is 104 Å². The maximum absolute atomic E-state index is 11.9. The standard InChI is InChI=1S/2C12H20O4.3C11H18O4.C10H16O4/c1-6-11(2,3)10(14)16-8-9(13)15-7-12(8,4)5;1-5-11(2,3)10(14)16-12(4)6-7-15-9(13)8-12;1-5-10(2,3)8(12)15-11(4)6-7-14-9(11)13;1-5-7(2)9(12)15-8-10(13)14-6-11(8,3)4;1-4-8(2)10(13)15-11(3)5-6-14-9(12)7-11;1-4-7(2)8(11)14-10(3)5-6-13-9(10)12/h8H,6-7H2,1-5H3;5-8H2,1-4H3;5-7H2,1-4H3;7-8H,5-6H2,1-4H3;8H,4-7H2,1-3H3;7H,4-6H2,1-3H3. The molecule has 522 valence electrons. The average Bonchev–Trinajstić information content (AvgIpc) is 1.83. The van der Waals surface area contributed by atoms with Gasteiger partial charge < -0.3 is 56.8 Å². The van der Waals surface area contributed by atoms with Crippen molar-refractivity contribution in [1.82, 2.24) is 0 Å². The van der Waals surface area contributed by atoms with Crippen LogP contribution in [0.4, 0.5) is 0 Å². The fourth-order valence-corrected chi connectivity index (χ4v) is 7.87. The highest BCUT2D eigenvalue weighted by atomic mass is 16.6. The monoisotopic (exact) mass is 1300 g/mol. The summed E-state index contributed by atoms with van der Waals surface area (Å²) in [7, 11) is 0. The quantitative estimate of drug-likeness (QED) is 0.0909. The van der Waals surface area contributed by atoms with Crippen molar-refractivity contribution in [3.05, 3.63) is 0 Å². The fourth-order valence-electron chi connectivity index (χ4n) is 7.87. The smallest absolute Gasteiger partial charge is 0.350 e. The zero-order valence-corrected chi connectivity index (χ0v) is 58.9. The molecule has 0 aromatic carbocycles. The van der Waals surface area contributed by atoms with E-state index in [2.05, 4.69) is 0 Å². The molecule has 0 saturated carbocycles. The van der Waals surface area contributed by atoms with E-state index in [1.54, 1.807) is 55.4 Å². The van der Waals surface area contributed by atoms with Crippen LogP contribution >= 0.6 is 0 Å². The zero-order valence-electron chi connectivity index (χ0n) is 58.9. The van der Waals surface area contributed by atoms with Gasteiger partial charge in [-0.2, -0.15) is 0 Å². The lowest BCUT2D eigenvalue weighted by atomic mass is 9.88. The molecule has 6 aliphatic rings. The maximum Gasteiger partial charge on any atom is 0.350 e. The first-order chi connectivity index (χ1) is 41.7. The summed E-state index contributed by atoms with van der Waals surface area (Å²) in [5.41, 5.74) is -5.95. The van der Waals surface area contributed by atoms with E-state index in [1.165, 1.54) is 0 Å². The Kier molecular flexibility index (Phi) is 31.4. The van der Waals surface area contributed by atoms with Gasteiger partial charge in [0.2, 0.25) is 23.4 Å². The number of carbonyl (C=O) groups is 12. The van der Waals surface area contributed by atoms with Crippen molar-refractivity contribution in [2.45, 2.75) is 271 Å². The number of hydrogen-bond donors (Lipinski definition) is 0. The van der Waals surface area contributed by atoms with Crippen molar-refractivity contribution < 1.29 is 114 Å². The Balaban J connectivity index is 0.000000546.